The molecule has 0 aromatic heterocycles. The molecule has 2 atom stereocenters. The molecular weight excluding hydrogens is 216 g/mol. The van der Waals surface area contributed by atoms with Crippen molar-refractivity contribution in [2.45, 2.75) is 44.4 Å². The van der Waals surface area contributed by atoms with Crippen molar-refractivity contribution >= 4 is 21.7 Å². The summed E-state index contributed by atoms with van der Waals surface area (Å²) < 4.78 is -0.224. The Labute approximate surface area is 83.0 Å². The van der Waals surface area contributed by atoms with Crippen LogP contribution in [0.4, 0.5) is 0 Å². The standard InChI is InChI=1S/C10H17BrO/c1-7(2)8-4-5-10(3,11)9(12)6-8/h7-8H,4-6H2,1-3H3. The van der Waals surface area contributed by atoms with Gasteiger partial charge in [0.05, 0.1) is 4.32 Å². The smallest absolute Gasteiger partial charge is 0.149 e. The lowest BCUT2D eigenvalue weighted by atomic mass is 9.77. The van der Waals surface area contributed by atoms with E-state index in [2.05, 4.69) is 29.8 Å². The normalized spacial score (nSPS) is 37.4. The van der Waals surface area contributed by atoms with E-state index in [9.17, 15) is 4.79 Å². The van der Waals surface area contributed by atoms with Crippen molar-refractivity contribution in [3.05, 3.63) is 0 Å². The first-order valence-corrected chi connectivity index (χ1v) is 5.45. The van der Waals surface area contributed by atoms with Gasteiger partial charge in [-0.15, -0.1) is 0 Å². The Morgan fingerprint density at radius 3 is 2.58 bits per heavy atom. The van der Waals surface area contributed by atoms with Gasteiger partial charge in [-0.2, -0.15) is 0 Å². The molecule has 1 saturated carbocycles. The third-order valence-corrected chi connectivity index (χ3v) is 3.80. The summed E-state index contributed by atoms with van der Waals surface area (Å²) in [6, 6.07) is 0. The number of carbonyl (C=O) groups is 1. The summed E-state index contributed by atoms with van der Waals surface area (Å²) >= 11 is 3.48. The van der Waals surface area contributed by atoms with E-state index < -0.39 is 0 Å². The van der Waals surface area contributed by atoms with Crippen molar-refractivity contribution in [2.75, 3.05) is 0 Å². The zero-order chi connectivity index (χ0) is 9.35. The Morgan fingerprint density at radius 2 is 2.17 bits per heavy atom. The lowest BCUT2D eigenvalue weighted by Crippen LogP contribution is -2.36. The molecule has 1 aliphatic carbocycles. The van der Waals surface area contributed by atoms with Crippen LogP contribution in [0.1, 0.15) is 40.0 Å². The van der Waals surface area contributed by atoms with Gasteiger partial charge in [0.15, 0.2) is 0 Å². The molecule has 0 bridgehead atoms. The van der Waals surface area contributed by atoms with E-state index >= 15 is 0 Å². The molecule has 0 radical (unpaired) electrons. The lowest BCUT2D eigenvalue weighted by Gasteiger charge is -2.33. The third kappa shape index (κ3) is 2.09. The molecule has 1 rings (SSSR count). The van der Waals surface area contributed by atoms with Gasteiger partial charge in [-0.25, -0.2) is 0 Å². The van der Waals surface area contributed by atoms with Crippen molar-refractivity contribution in [1.82, 2.24) is 0 Å². The minimum atomic E-state index is -0.224. The SMILES string of the molecule is CC(C)C1CCC(C)(Br)C(=O)C1. The van der Waals surface area contributed by atoms with Crippen LogP contribution < -0.4 is 0 Å². The van der Waals surface area contributed by atoms with E-state index in [1.54, 1.807) is 0 Å². The van der Waals surface area contributed by atoms with Gasteiger partial charge in [0, 0.05) is 6.42 Å². The van der Waals surface area contributed by atoms with Crippen molar-refractivity contribution in [3.8, 4) is 0 Å². The predicted molar refractivity (Wildman–Crippen MR) is 54.5 cm³/mol. The van der Waals surface area contributed by atoms with Crippen LogP contribution in [0.5, 0.6) is 0 Å². The Hall–Kier alpha value is 0.150. The molecule has 1 aliphatic rings. The molecular formula is C10H17BrO. The maximum absolute atomic E-state index is 11.6. The summed E-state index contributed by atoms with van der Waals surface area (Å²) in [5.74, 6) is 1.65. The van der Waals surface area contributed by atoms with Crippen molar-refractivity contribution in [3.63, 3.8) is 0 Å². The van der Waals surface area contributed by atoms with E-state index in [0.29, 0.717) is 17.6 Å². The van der Waals surface area contributed by atoms with E-state index in [-0.39, 0.29) is 4.32 Å². The van der Waals surface area contributed by atoms with Crippen LogP contribution in [0.3, 0.4) is 0 Å². The molecule has 0 spiro atoms. The van der Waals surface area contributed by atoms with Gasteiger partial charge in [-0.1, -0.05) is 29.8 Å². The fraction of sp³-hybridized carbons (Fsp3) is 0.900. The highest BCUT2D eigenvalue weighted by Crippen LogP contribution is 2.37. The first-order valence-electron chi connectivity index (χ1n) is 4.65. The molecule has 70 valence electrons. The minimum absolute atomic E-state index is 0.224. The van der Waals surface area contributed by atoms with Crippen LogP contribution in [-0.2, 0) is 4.79 Å². The van der Waals surface area contributed by atoms with Gasteiger partial charge in [0.1, 0.15) is 5.78 Å². The van der Waals surface area contributed by atoms with Crippen LogP contribution in [-0.4, -0.2) is 10.1 Å². The molecule has 0 aromatic carbocycles. The van der Waals surface area contributed by atoms with Crippen molar-refractivity contribution in [1.29, 1.82) is 0 Å². The molecule has 0 N–H and O–H groups in total. The molecule has 0 amide bonds. The molecule has 0 aliphatic heterocycles. The topological polar surface area (TPSA) is 17.1 Å². The molecule has 0 heterocycles. The molecule has 12 heavy (non-hydrogen) atoms. The minimum Gasteiger partial charge on any atom is -0.298 e. The number of rotatable bonds is 1. The highest BCUT2D eigenvalue weighted by Gasteiger charge is 2.37. The second-order valence-electron chi connectivity index (χ2n) is 4.37. The number of ketones is 1. The summed E-state index contributed by atoms with van der Waals surface area (Å²) in [4.78, 5) is 11.6. The van der Waals surface area contributed by atoms with Gasteiger partial charge >= 0.3 is 0 Å². The Kier molecular flexibility index (Phi) is 2.97. The highest BCUT2D eigenvalue weighted by atomic mass is 79.9. The average molecular weight is 233 g/mol. The van der Waals surface area contributed by atoms with Crippen LogP contribution in [0.15, 0.2) is 0 Å². The molecule has 0 aromatic rings. The molecule has 1 nitrogen and oxygen atoms in total. The maximum atomic E-state index is 11.6. The van der Waals surface area contributed by atoms with E-state index in [4.69, 9.17) is 0 Å². The summed E-state index contributed by atoms with van der Waals surface area (Å²) in [6.45, 7) is 6.40. The number of hydrogen-bond acceptors (Lipinski definition) is 1. The van der Waals surface area contributed by atoms with Crippen LogP contribution >= 0.6 is 15.9 Å². The van der Waals surface area contributed by atoms with E-state index in [1.807, 2.05) is 6.92 Å². The van der Waals surface area contributed by atoms with Crippen LogP contribution in [0.25, 0.3) is 0 Å². The van der Waals surface area contributed by atoms with Crippen molar-refractivity contribution in [2.24, 2.45) is 11.8 Å². The number of hydrogen-bond donors (Lipinski definition) is 0. The Bertz CT molecular complexity index is 184. The average Bonchev–Trinajstić information content (AvgIpc) is 1.94. The zero-order valence-electron chi connectivity index (χ0n) is 8.06. The molecule has 2 unspecified atom stereocenters. The second kappa shape index (κ2) is 3.49. The maximum Gasteiger partial charge on any atom is 0.149 e. The van der Waals surface area contributed by atoms with Gasteiger partial charge in [0.2, 0.25) is 0 Å². The molecule has 2 heteroatoms. The monoisotopic (exact) mass is 232 g/mol. The Balaban J connectivity index is 2.58. The van der Waals surface area contributed by atoms with Gasteiger partial charge in [-0.05, 0) is 31.6 Å². The fourth-order valence-electron chi connectivity index (χ4n) is 1.72. The van der Waals surface area contributed by atoms with Gasteiger partial charge < -0.3 is 0 Å². The van der Waals surface area contributed by atoms with Crippen LogP contribution in [0, 0.1) is 11.8 Å². The molecule has 1 fully saturated rings. The fourth-order valence-corrected chi connectivity index (χ4v) is 2.11. The number of Topliss-reactive ketones (excluding diaryl/α,β-unsaturated/α-hetero) is 1. The summed E-state index contributed by atoms with van der Waals surface area (Å²) in [7, 11) is 0. The quantitative estimate of drug-likeness (QED) is 0.636. The lowest BCUT2D eigenvalue weighted by molar-refractivity contribution is -0.124. The largest absolute Gasteiger partial charge is 0.298 e. The number of alkyl halides is 1. The summed E-state index contributed by atoms with van der Waals surface area (Å²) in [6.07, 6.45) is 2.94. The van der Waals surface area contributed by atoms with Gasteiger partial charge in [-0.3, -0.25) is 4.79 Å². The highest BCUT2D eigenvalue weighted by molar-refractivity contribution is 9.10. The van der Waals surface area contributed by atoms with Crippen molar-refractivity contribution < 1.29 is 4.79 Å². The van der Waals surface area contributed by atoms with E-state index in [1.165, 1.54) is 6.42 Å². The predicted octanol–water partition coefficient (Wildman–Crippen LogP) is 3.17. The summed E-state index contributed by atoms with van der Waals surface area (Å²) in [5, 5.41) is 0. The summed E-state index contributed by atoms with van der Waals surface area (Å²) in [5.41, 5.74) is 0. The third-order valence-electron chi connectivity index (χ3n) is 2.96. The van der Waals surface area contributed by atoms with E-state index in [0.717, 1.165) is 12.8 Å². The van der Waals surface area contributed by atoms with Crippen LogP contribution in [0.2, 0.25) is 0 Å². The first kappa shape index (κ1) is 10.2. The van der Waals surface area contributed by atoms with Gasteiger partial charge in [0.25, 0.3) is 0 Å². The zero-order valence-corrected chi connectivity index (χ0v) is 9.65. The Morgan fingerprint density at radius 1 is 1.58 bits per heavy atom. The number of carbonyl (C=O) groups excluding carboxylic acids is 1. The number of halogens is 1. The molecule has 0 saturated heterocycles. The second-order valence-corrected chi connectivity index (χ2v) is 6.12. The first-order chi connectivity index (χ1) is 5.43.